The van der Waals surface area contributed by atoms with Gasteiger partial charge in [-0.05, 0) is 58.0 Å². The van der Waals surface area contributed by atoms with Gasteiger partial charge in [-0.3, -0.25) is 9.80 Å². The first kappa shape index (κ1) is 32.5. The van der Waals surface area contributed by atoms with Crippen LogP contribution in [0.4, 0.5) is 18.0 Å². The number of amides is 1. The topological polar surface area (TPSA) is 152 Å². The first-order chi connectivity index (χ1) is 21.4. The third kappa shape index (κ3) is 7.32. The lowest BCUT2D eigenvalue weighted by molar-refractivity contribution is -0.189. The Morgan fingerprint density at radius 2 is 1.67 bits per heavy atom. The van der Waals surface area contributed by atoms with E-state index in [2.05, 4.69) is 5.10 Å². The van der Waals surface area contributed by atoms with Crippen LogP contribution in [0, 0.1) is 12.3 Å². The Labute approximate surface area is 261 Å². The number of carbonyl (C=O) groups excluding carboxylic acids is 2. The van der Waals surface area contributed by atoms with Gasteiger partial charge in [-0.15, -0.1) is 0 Å². The fraction of sp³-hybridized carbons (Fsp3) is 0.393. The SMILES string of the molecule is Cc1ccc(-c2cc(C(F)(F)F)nn2-c2ccc(S(=O)(=O)NC(=O)OC3CN(n4on4OC(C)OC(=O)C(C)(C)C)C3)cc2)cc1. The zero-order valence-electron chi connectivity index (χ0n) is 25.3. The van der Waals surface area contributed by atoms with Crippen molar-refractivity contribution in [2.75, 3.05) is 18.1 Å². The molecule has 1 amide bonds. The van der Waals surface area contributed by atoms with Crippen LogP contribution >= 0.6 is 0 Å². The van der Waals surface area contributed by atoms with Crippen molar-refractivity contribution < 1.29 is 50.1 Å². The lowest BCUT2D eigenvalue weighted by atomic mass is 9.97. The van der Waals surface area contributed by atoms with Crippen LogP contribution in [0.15, 0.2) is 64.1 Å². The summed E-state index contributed by atoms with van der Waals surface area (Å²) >= 11 is 0. The molecular weight excluding hydrogens is 637 g/mol. The van der Waals surface area contributed by atoms with Crippen LogP contribution in [0.2, 0.25) is 0 Å². The van der Waals surface area contributed by atoms with Crippen molar-refractivity contribution in [2.45, 2.75) is 58.1 Å². The van der Waals surface area contributed by atoms with Gasteiger partial charge in [0.2, 0.25) is 0 Å². The Kier molecular flexibility index (Phi) is 8.35. The Morgan fingerprint density at radius 3 is 2.26 bits per heavy atom. The lowest BCUT2D eigenvalue weighted by Crippen LogP contribution is -2.58. The summed E-state index contributed by atoms with van der Waals surface area (Å²) in [4.78, 5) is 30.5. The van der Waals surface area contributed by atoms with E-state index in [1.165, 1.54) is 24.0 Å². The summed E-state index contributed by atoms with van der Waals surface area (Å²) in [6, 6.07) is 12.5. The molecule has 0 aliphatic carbocycles. The number of sulfonamides is 1. The fourth-order valence-corrected chi connectivity index (χ4v) is 5.00. The predicted octanol–water partition coefficient (Wildman–Crippen LogP) is 3.86. The van der Waals surface area contributed by atoms with Crippen molar-refractivity contribution in [2.24, 2.45) is 5.41 Å². The number of aryl methyl sites for hydroxylation is 1. The summed E-state index contributed by atoms with van der Waals surface area (Å²) in [6.07, 6.45) is -7.54. The van der Waals surface area contributed by atoms with Crippen LogP contribution in [0.25, 0.3) is 16.9 Å². The molecule has 1 saturated heterocycles. The van der Waals surface area contributed by atoms with E-state index in [1.54, 1.807) is 50.0 Å². The number of nitrogens with zero attached hydrogens (tertiary/aromatic N) is 5. The number of ether oxygens (including phenoxy) is 2. The van der Waals surface area contributed by atoms with Gasteiger partial charge in [0.25, 0.3) is 16.3 Å². The number of hydrogen-bond acceptors (Lipinski definition) is 10. The molecule has 1 aliphatic rings. The molecule has 18 heteroatoms. The first-order valence-corrected chi connectivity index (χ1v) is 15.4. The minimum absolute atomic E-state index is 0.144. The van der Waals surface area contributed by atoms with E-state index in [1.807, 2.05) is 11.6 Å². The molecule has 1 N–H and O–H groups in total. The van der Waals surface area contributed by atoms with Gasteiger partial charge in [0.15, 0.2) is 5.69 Å². The van der Waals surface area contributed by atoms with E-state index in [0.717, 1.165) is 33.5 Å². The second kappa shape index (κ2) is 11.8. The molecule has 248 valence electrons. The van der Waals surface area contributed by atoms with E-state index >= 15 is 0 Å². The molecule has 1 atom stereocenters. The minimum atomic E-state index is -4.70. The van der Waals surface area contributed by atoms with Gasteiger partial charge in [-0.25, -0.2) is 22.6 Å². The summed E-state index contributed by atoms with van der Waals surface area (Å²) < 4.78 is 84.4. The van der Waals surface area contributed by atoms with Crippen LogP contribution in [-0.4, -0.2) is 65.7 Å². The number of halogens is 3. The molecule has 14 nitrogen and oxygen atoms in total. The molecular formula is C28H31F3N6O8S. The second-order valence-electron chi connectivity index (χ2n) is 11.6. The molecule has 1 aliphatic heterocycles. The summed E-state index contributed by atoms with van der Waals surface area (Å²) in [5.74, 6) is -0.465. The third-order valence-corrected chi connectivity index (χ3v) is 8.01. The van der Waals surface area contributed by atoms with Crippen LogP contribution < -0.4 is 14.6 Å². The van der Waals surface area contributed by atoms with Crippen LogP contribution in [0.1, 0.15) is 39.0 Å². The van der Waals surface area contributed by atoms with Crippen molar-refractivity contribution in [3.8, 4) is 16.9 Å². The van der Waals surface area contributed by atoms with Gasteiger partial charge in [-0.1, -0.05) is 29.8 Å². The highest BCUT2D eigenvalue weighted by molar-refractivity contribution is 7.90. The number of esters is 1. The van der Waals surface area contributed by atoms with E-state index in [0.29, 0.717) is 5.56 Å². The zero-order valence-corrected chi connectivity index (χ0v) is 26.1. The molecule has 0 spiro atoms. The predicted molar refractivity (Wildman–Crippen MR) is 154 cm³/mol. The Hall–Kier alpha value is -4.87. The molecule has 5 rings (SSSR count). The normalized spacial score (nSPS) is 14.9. The summed E-state index contributed by atoms with van der Waals surface area (Å²) in [5.41, 5.74) is -0.114. The number of carbonyl (C=O) groups is 2. The molecule has 1 unspecified atom stereocenters. The van der Waals surface area contributed by atoms with Crippen molar-refractivity contribution in [3.05, 3.63) is 65.9 Å². The maximum absolute atomic E-state index is 13.5. The Bertz CT molecular complexity index is 1810. The van der Waals surface area contributed by atoms with Gasteiger partial charge >= 0.3 is 18.2 Å². The highest BCUT2D eigenvalue weighted by atomic mass is 32.2. The molecule has 46 heavy (non-hydrogen) atoms. The second-order valence-corrected chi connectivity index (χ2v) is 13.3. The van der Waals surface area contributed by atoms with E-state index in [9.17, 15) is 31.2 Å². The van der Waals surface area contributed by atoms with Crippen molar-refractivity contribution in [1.29, 1.82) is 0 Å². The zero-order chi connectivity index (χ0) is 33.6. The molecule has 4 aromatic rings. The van der Waals surface area contributed by atoms with E-state index in [4.69, 9.17) is 18.9 Å². The maximum Gasteiger partial charge on any atom is 0.435 e. The highest BCUT2D eigenvalue weighted by Crippen LogP contribution is 2.33. The number of aromatic nitrogens is 4. The molecule has 0 bridgehead atoms. The number of nitrogens with one attached hydrogen (secondary N) is 1. The standard InChI is InChI=1S/C28H31F3N6O8S/c1-17-6-8-19(9-7-17)23-14-24(28(29,30)31)32-35(23)20-10-12-22(13-11-20)46(40,41)33-26(39)43-21-15-34(16-21)36-37(45-36)44-18(2)42-25(38)27(3,4)5/h6-14,18,21H,15-16H2,1-5H3,(H,33,39). The van der Waals surface area contributed by atoms with Crippen LogP contribution in [0.5, 0.6) is 0 Å². The number of hydrogen-bond donors (Lipinski definition) is 1. The first-order valence-electron chi connectivity index (χ1n) is 13.9. The van der Waals surface area contributed by atoms with Crippen molar-refractivity contribution >= 4 is 22.1 Å². The Morgan fingerprint density at radius 1 is 1.04 bits per heavy atom. The summed E-state index contributed by atoms with van der Waals surface area (Å²) in [6.45, 7) is 8.73. The minimum Gasteiger partial charge on any atom is -0.442 e. The van der Waals surface area contributed by atoms with Crippen molar-refractivity contribution in [3.63, 3.8) is 0 Å². The lowest BCUT2D eigenvalue weighted by Gasteiger charge is -2.34. The largest absolute Gasteiger partial charge is 0.442 e. The average Bonchev–Trinajstić information content (AvgIpc) is 3.51. The van der Waals surface area contributed by atoms with Gasteiger partial charge in [0.05, 0.1) is 39.7 Å². The monoisotopic (exact) mass is 668 g/mol. The van der Waals surface area contributed by atoms with Gasteiger partial charge in [-0.2, -0.15) is 22.9 Å². The average molecular weight is 669 g/mol. The molecule has 3 heterocycles. The van der Waals surface area contributed by atoms with Gasteiger partial charge < -0.3 is 14.3 Å². The third-order valence-electron chi connectivity index (χ3n) is 6.68. The number of benzene rings is 2. The molecule has 2 aromatic heterocycles. The maximum atomic E-state index is 13.5. The van der Waals surface area contributed by atoms with Crippen molar-refractivity contribution in [1.82, 2.24) is 24.5 Å². The summed E-state index contributed by atoms with van der Waals surface area (Å²) in [7, 11) is -4.39. The molecule has 1 fully saturated rings. The number of alkyl halides is 3. The summed E-state index contributed by atoms with van der Waals surface area (Å²) in [5, 5.41) is 6.23. The van der Waals surface area contributed by atoms with E-state index in [-0.39, 0.29) is 29.4 Å². The van der Waals surface area contributed by atoms with Crippen LogP contribution in [0.3, 0.4) is 0 Å². The van der Waals surface area contributed by atoms with Crippen LogP contribution in [-0.2, 0) is 30.5 Å². The quantitative estimate of drug-likeness (QED) is 0.206. The smallest absolute Gasteiger partial charge is 0.435 e. The molecule has 0 saturated carbocycles. The Balaban J connectivity index is 1.16. The number of rotatable bonds is 9. The molecule has 2 aromatic carbocycles. The van der Waals surface area contributed by atoms with E-state index < -0.39 is 51.8 Å². The fourth-order valence-electron chi connectivity index (χ4n) is 4.12. The van der Waals surface area contributed by atoms with Gasteiger partial charge in [0, 0.05) is 12.5 Å². The van der Waals surface area contributed by atoms with Gasteiger partial charge in [0.1, 0.15) is 11.1 Å². The highest BCUT2D eigenvalue weighted by Gasteiger charge is 2.38. The molecule has 0 radical (unpaired) electrons.